The third-order valence-electron chi connectivity index (χ3n) is 11.0. The molecule has 5 aliphatic rings. The number of esters is 6. The maximum Gasteiger partial charge on any atom is 0.343 e. The van der Waals surface area contributed by atoms with Crippen molar-refractivity contribution in [3.8, 4) is 34.5 Å². The summed E-state index contributed by atoms with van der Waals surface area (Å²) < 4.78 is 65.2. The Balaban J connectivity index is 0.794. The molecular weight excluding hydrogens is 865 g/mol. The molecule has 4 heterocycles. The van der Waals surface area contributed by atoms with Gasteiger partial charge in [0.05, 0.1) is 49.4 Å². The highest BCUT2D eigenvalue weighted by Gasteiger charge is 2.34. The molecular formula is C48H44O18. The first kappa shape index (κ1) is 44.3. The van der Waals surface area contributed by atoms with Gasteiger partial charge in [0.25, 0.3) is 0 Å². The van der Waals surface area contributed by atoms with E-state index in [1.165, 1.54) is 60.7 Å². The first-order valence-electron chi connectivity index (χ1n) is 21.5. The molecule has 1 aliphatic carbocycles. The van der Waals surface area contributed by atoms with Crippen molar-refractivity contribution in [2.75, 3.05) is 52.9 Å². The van der Waals surface area contributed by atoms with Crippen molar-refractivity contribution in [1.82, 2.24) is 0 Å². The molecule has 18 nitrogen and oxygen atoms in total. The smallest absolute Gasteiger partial charge is 0.343 e. The maximum atomic E-state index is 13.4. The number of ether oxygens (including phenoxy) is 12. The van der Waals surface area contributed by atoms with E-state index in [9.17, 15) is 28.8 Å². The average molecular weight is 909 g/mol. The van der Waals surface area contributed by atoms with Crippen molar-refractivity contribution in [3.63, 3.8) is 0 Å². The molecule has 4 aromatic rings. The van der Waals surface area contributed by atoms with E-state index in [-0.39, 0.29) is 82.9 Å². The minimum absolute atomic E-state index is 0.0102. The molecule has 9 rings (SSSR count). The standard InChI is InChI=1S/C48H44O18/c49-43(63-33-13-15-41(39(17-33)47(53)61-25-37-23-59-37)65-45(51)29-5-9-31(10-6-29)55-19-35-21-57-35)27-1-2-28(4-3-27)44(50)64-34-14-16-42(40(18-34)48(54)62-26-38-24-60-38)66-46(52)30-7-11-32(12-8-30)56-20-36-22-58-36/h5-18,27-28,35-38H,1-4,19-26H2. The Morgan fingerprint density at radius 3 is 1.09 bits per heavy atom. The van der Waals surface area contributed by atoms with Crippen LogP contribution in [0.25, 0.3) is 0 Å². The van der Waals surface area contributed by atoms with Crippen LogP contribution in [0.5, 0.6) is 34.5 Å². The summed E-state index contributed by atoms with van der Waals surface area (Å²) in [5.41, 5.74) is 0.133. The van der Waals surface area contributed by atoms with Crippen LogP contribution < -0.4 is 28.4 Å². The number of epoxide rings is 4. The van der Waals surface area contributed by atoms with Crippen LogP contribution in [-0.4, -0.2) is 113 Å². The van der Waals surface area contributed by atoms with Gasteiger partial charge in [0.15, 0.2) is 0 Å². The predicted octanol–water partition coefficient (Wildman–Crippen LogP) is 5.11. The molecule has 1 saturated carbocycles. The fraction of sp³-hybridized carbons (Fsp3) is 0.375. The summed E-state index contributed by atoms with van der Waals surface area (Å²) in [4.78, 5) is 79.4. The highest BCUT2D eigenvalue weighted by Crippen LogP contribution is 2.34. The van der Waals surface area contributed by atoms with Crippen LogP contribution in [0.15, 0.2) is 84.9 Å². The van der Waals surface area contributed by atoms with E-state index in [1.54, 1.807) is 24.3 Å². The zero-order chi connectivity index (χ0) is 45.6. The van der Waals surface area contributed by atoms with Gasteiger partial charge in [-0.05, 0) is 111 Å². The third-order valence-corrected chi connectivity index (χ3v) is 11.0. The van der Waals surface area contributed by atoms with E-state index >= 15 is 0 Å². The number of benzene rings is 4. The Morgan fingerprint density at radius 1 is 0.409 bits per heavy atom. The summed E-state index contributed by atoms with van der Waals surface area (Å²) in [6.07, 6.45) is 0.858. The molecule has 0 amide bonds. The molecule has 4 aliphatic heterocycles. The number of hydrogen-bond acceptors (Lipinski definition) is 18. The van der Waals surface area contributed by atoms with Crippen molar-refractivity contribution in [3.05, 3.63) is 107 Å². The van der Waals surface area contributed by atoms with Crippen LogP contribution >= 0.6 is 0 Å². The molecule has 0 bridgehead atoms. The second kappa shape index (κ2) is 20.1. The lowest BCUT2D eigenvalue weighted by Crippen LogP contribution is -2.30. The number of carbonyl (C=O) groups excluding carboxylic acids is 6. The van der Waals surface area contributed by atoms with Gasteiger partial charge in [0.1, 0.15) is 96.5 Å². The van der Waals surface area contributed by atoms with Gasteiger partial charge in [-0.2, -0.15) is 0 Å². The predicted molar refractivity (Wildman–Crippen MR) is 223 cm³/mol. The highest BCUT2D eigenvalue weighted by molar-refractivity contribution is 5.98. The number of carbonyl (C=O) groups is 6. The van der Waals surface area contributed by atoms with Crippen LogP contribution in [0.1, 0.15) is 67.1 Å². The van der Waals surface area contributed by atoms with Crippen molar-refractivity contribution in [2.45, 2.75) is 50.1 Å². The normalized spacial score (nSPS) is 22.1. The SMILES string of the molecule is O=C(Oc1ccc(OC(=O)C2CCC(C(=O)Oc3ccc(OC(=O)c4ccc(OCC5CO5)cc4)c(C(=O)OCC4CO4)c3)CC2)cc1C(=O)OCC1CO1)c1ccc(OCC2CO2)cc1. The minimum atomic E-state index is -0.809. The van der Waals surface area contributed by atoms with Gasteiger partial charge in [0.2, 0.25) is 0 Å². The maximum absolute atomic E-state index is 13.4. The zero-order valence-electron chi connectivity index (χ0n) is 35.4. The van der Waals surface area contributed by atoms with E-state index < -0.39 is 47.7 Å². The lowest BCUT2D eigenvalue weighted by atomic mass is 9.82. The van der Waals surface area contributed by atoms with E-state index in [1.807, 2.05) is 0 Å². The van der Waals surface area contributed by atoms with Crippen molar-refractivity contribution in [2.24, 2.45) is 11.8 Å². The Hall–Kier alpha value is -6.86. The Bertz CT molecular complexity index is 2270. The van der Waals surface area contributed by atoms with Crippen LogP contribution in [-0.2, 0) is 38.0 Å². The fourth-order valence-electron chi connectivity index (χ4n) is 6.83. The lowest BCUT2D eigenvalue weighted by Gasteiger charge is -2.26. The quantitative estimate of drug-likeness (QED) is 0.0638. The topological polar surface area (TPSA) is 226 Å². The largest absolute Gasteiger partial charge is 0.491 e. The second-order valence-electron chi connectivity index (χ2n) is 16.2. The summed E-state index contributed by atoms with van der Waals surface area (Å²) >= 11 is 0. The summed E-state index contributed by atoms with van der Waals surface area (Å²) in [6.45, 7) is 2.98. The van der Waals surface area contributed by atoms with Gasteiger partial charge >= 0.3 is 35.8 Å². The average Bonchev–Trinajstić information content (AvgIpc) is 4.12. The van der Waals surface area contributed by atoms with E-state index in [4.69, 9.17) is 56.8 Å². The highest BCUT2D eigenvalue weighted by atomic mass is 16.6. The molecule has 344 valence electrons. The molecule has 66 heavy (non-hydrogen) atoms. The van der Waals surface area contributed by atoms with E-state index in [0.717, 1.165) is 0 Å². The lowest BCUT2D eigenvalue weighted by molar-refractivity contribution is -0.145. The molecule has 0 radical (unpaired) electrons. The fourth-order valence-corrected chi connectivity index (χ4v) is 6.83. The summed E-state index contributed by atoms with van der Waals surface area (Å²) in [7, 11) is 0. The van der Waals surface area contributed by atoms with Crippen molar-refractivity contribution in [1.29, 1.82) is 0 Å². The van der Waals surface area contributed by atoms with Crippen LogP contribution in [0, 0.1) is 11.8 Å². The van der Waals surface area contributed by atoms with Crippen molar-refractivity contribution < 1.29 is 85.6 Å². The summed E-state index contributed by atoms with van der Waals surface area (Å²) in [5.74, 6) is -4.47. The summed E-state index contributed by atoms with van der Waals surface area (Å²) in [5, 5.41) is 0. The Morgan fingerprint density at radius 2 is 0.742 bits per heavy atom. The van der Waals surface area contributed by atoms with E-state index in [2.05, 4.69) is 0 Å². The first-order valence-corrected chi connectivity index (χ1v) is 21.5. The van der Waals surface area contributed by atoms with Crippen molar-refractivity contribution >= 4 is 35.8 Å². The minimum Gasteiger partial charge on any atom is -0.491 e. The van der Waals surface area contributed by atoms with Gasteiger partial charge in [-0.15, -0.1) is 0 Å². The van der Waals surface area contributed by atoms with Crippen LogP contribution in [0.3, 0.4) is 0 Å². The second-order valence-corrected chi connectivity index (χ2v) is 16.2. The van der Waals surface area contributed by atoms with Gasteiger partial charge < -0.3 is 56.8 Å². The summed E-state index contributed by atoms with van der Waals surface area (Å²) in [6, 6.07) is 20.6. The zero-order valence-corrected chi connectivity index (χ0v) is 35.4. The Kier molecular flexibility index (Phi) is 13.5. The molecule has 4 saturated heterocycles. The van der Waals surface area contributed by atoms with Gasteiger partial charge in [-0.25, -0.2) is 19.2 Å². The molecule has 4 unspecified atom stereocenters. The first-order chi connectivity index (χ1) is 32.1. The third kappa shape index (κ3) is 12.3. The van der Waals surface area contributed by atoms with Gasteiger partial charge in [0, 0.05) is 0 Å². The Labute approximate surface area is 377 Å². The molecule has 18 heteroatoms. The molecule has 4 aromatic carbocycles. The monoisotopic (exact) mass is 908 g/mol. The van der Waals surface area contributed by atoms with E-state index in [0.29, 0.717) is 76.8 Å². The molecule has 0 aromatic heterocycles. The number of hydrogen-bond donors (Lipinski definition) is 0. The van der Waals surface area contributed by atoms with Crippen LogP contribution in [0.4, 0.5) is 0 Å². The molecule has 0 N–H and O–H groups in total. The van der Waals surface area contributed by atoms with Gasteiger partial charge in [-0.1, -0.05) is 0 Å². The molecule has 5 fully saturated rings. The molecule has 0 spiro atoms. The molecule has 4 atom stereocenters. The van der Waals surface area contributed by atoms with Crippen LogP contribution in [0.2, 0.25) is 0 Å². The number of rotatable bonds is 20. The van der Waals surface area contributed by atoms with Gasteiger partial charge in [-0.3, -0.25) is 9.59 Å².